The van der Waals surface area contributed by atoms with Crippen LogP contribution >= 0.6 is 0 Å². The summed E-state index contributed by atoms with van der Waals surface area (Å²) in [6.07, 6.45) is 5.37. The molecule has 3 N–H and O–H groups in total. The van der Waals surface area contributed by atoms with E-state index in [2.05, 4.69) is 23.2 Å². The second kappa shape index (κ2) is 4.61. The molecule has 0 aromatic rings. The first-order chi connectivity index (χ1) is 5.84. The molecule has 0 saturated heterocycles. The minimum atomic E-state index is -0.135. The minimum absolute atomic E-state index is 0.135. The highest BCUT2D eigenvalue weighted by Gasteiger charge is 2.10. The lowest BCUT2D eigenvalue weighted by Gasteiger charge is -2.13. The maximum absolute atomic E-state index is 11.2. The van der Waals surface area contributed by atoms with E-state index >= 15 is 0 Å². The summed E-state index contributed by atoms with van der Waals surface area (Å²) in [5.74, 6) is 0. The van der Waals surface area contributed by atoms with E-state index in [4.69, 9.17) is 0 Å². The van der Waals surface area contributed by atoms with Crippen molar-refractivity contribution in [1.29, 1.82) is 0 Å². The van der Waals surface area contributed by atoms with Gasteiger partial charge in [0.05, 0.1) is 0 Å². The van der Waals surface area contributed by atoms with Crippen LogP contribution in [0.3, 0.4) is 0 Å². The third kappa shape index (κ3) is 2.43. The fourth-order valence-electron chi connectivity index (χ4n) is 0.832. The quantitative estimate of drug-likeness (QED) is 0.534. The van der Waals surface area contributed by atoms with Crippen molar-refractivity contribution in [2.75, 3.05) is 6.54 Å². The number of hydrogen-bond acceptors (Lipinski definition) is 3. The number of amides is 2. The minimum Gasteiger partial charge on any atom is -0.337 e. The van der Waals surface area contributed by atoms with Gasteiger partial charge < -0.3 is 10.7 Å². The Bertz CT molecular complexity index is 180. The van der Waals surface area contributed by atoms with E-state index in [1.807, 2.05) is 0 Å². The molecule has 0 saturated carbocycles. The van der Waals surface area contributed by atoms with Gasteiger partial charge in [0.2, 0.25) is 0 Å². The molecule has 5 nitrogen and oxygen atoms in total. The Hall–Kier alpha value is -1.23. The zero-order chi connectivity index (χ0) is 8.81. The van der Waals surface area contributed by atoms with Crippen LogP contribution in [0, 0.1) is 0 Å². The average molecular weight is 170 g/mol. The fourth-order valence-corrected chi connectivity index (χ4v) is 0.832. The van der Waals surface area contributed by atoms with E-state index in [9.17, 15) is 4.79 Å². The second-order valence-corrected chi connectivity index (χ2v) is 2.53. The van der Waals surface area contributed by atoms with Crippen molar-refractivity contribution >= 4 is 6.03 Å². The van der Waals surface area contributed by atoms with Crippen LogP contribution in [0.5, 0.6) is 0 Å². The highest BCUT2D eigenvalue weighted by molar-refractivity contribution is 5.74. The second-order valence-electron chi connectivity index (χ2n) is 2.53. The predicted molar refractivity (Wildman–Crippen MR) is 45.6 cm³/mol. The maximum Gasteiger partial charge on any atom is 0.337 e. The van der Waals surface area contributed by atoms with Crippen LogP contribution in [0.15, 0.2) is 12.4 Å². The van der Waals surface area contributed by atoms with E-state index in [-0.39, 0.29) is 6.03 Å². The van der Waals surface area contributed by atoms with E-state index in [1.165, 1.54) is 5.01 Å². The zero-order valence-corrected chi connectivity index (χ0v) is 7.13. The van der Waals surface area contributed by atoms with Crippen LogP contribution < -0.4 is 16.3 Å². The largest absolute Gasteiger partial charge is 0.337 e. The highest BCUT2D eigenvalue weighted by Crippen LogP contribution is 1.90. The molecule has 0 aliphatic carbocycles. The molecule has 0 bridgehead atoms. The van der Waals surface area contributed by atoms with Crippen LogP contribution in [-0.4, -0.2) is 17.6 Å². The Morgan fingerprint density at radius 2 is 2.50 bits per heavy atom. The highest BCUT2D eigenvalue weighted by atomic mass is 16.2. The Morgan fingerprint density at radius 1 is 1.67 bits per heavy atom. The Labute approximate surface area is 71.7 Å². The van der Waals surface area contributed by atoms with Gasteiger partial charge in [0, 0.05) is 18.9 Å². The molecule has 0 atom stereocenters. The van der Waals surface area contributed by atoms with Crippen LogP contribution in [0.25, 0.3) is 0 Å². The lowest BCUT2D eigenvalue weighted by atomic mass is 10.3. The first kappa shape index (κ1) is 8.86. The van der Waals surface area contributed by atoms with Gasteiger partial charge in [-0.2, -0.15) is 0 Å². The van der Waals surface area contributed by atoms with Gasteiger partial charge in [-0.3, -0.25) is 0 Å². The van der Waals surface area contributed by atoms with Crippen molar-refractivity contribution < 1.29 is 4.79 Å². The molecule has 5 heteroatoms. The smallest absolute Gasteiger partial charge is 0.337 e. The number of hydrogen-bond donors (Lipinski definition) is 3. The molecule has 1 aliphatic rings. The van der Waals surface area contributed by atoms with Gasteiger partial charge in [-0.1, -0.05) is 13.3 Å². The molecule has 1 heterocycles. The number of nitrogens with one attached hydrogen (secondary N) is 3. The first-order valence-corrected chi connectivity index (χ1v) is 4.09. The van der Waals surface area contributed by atoms with Gasteiger partial charge >= 0.3 is 6.03 Å². The zero-order valence-electron chi connectivity index (χ0n) is 7.13. The van der Waals surface area contributed by atoms with E-state index in [1.54, 1.807) is 12.4 Å². The van der Waals surface area contributed by atoms with Crippen molar-refractivity contribution in [3.63, 3.8) is 0 Å². The van der Waals surface area contributed by atoms with E-state index in [0.717, 1.165) is 19.4 Å². The molecule has 0 unspecified atom stereocenters. The third-order valence-corrected chi connectivity index (χ3v) is 1.52. The van der Waals surface area contributed by atoms with Crippen LogP contribution in [-0.2, 0) is 0 Å². The van der Waals surface area contributed by atoms with Gasteiger partial charge in [0.1, 0.15) is 0 Å². The molecule has 68 valence electrons. The Kier molecular flexibility index (Phi) is 3.40. The topological polar surface area (TPSA) is 56.4 Å². The van der Waals surface area contributed by atoms with E-state index in [0.29, 0.717) is 0 Å². The number of carbonyl (C=O) groups is 1. The standard InChI is InChI=1S/C7H14N4O/c1-2-3-4-8-7(12)11-6-5-9-10-11/h5-6,9-10H,2-4H2,1H3,(H,8,12). The number of carbonyl (C=O) groups excluding carboxylic acids is 1. The summed E-state index contributed by atoms with van der Waals surface area (Å²) in [6, 6.07) is -0.135. The van der Waals surface area contributed by atoms with Gasteiger partial charge in [-0.05, 0) is 6.42 Å². The Balaban J connectivity index is 2.14. The van der Waals surface area contributed by atoms with Crippen LogP contribution in [0.4, 0.5) is 4.79 Å². The molecular formula is C7H14N4O. The number of unbranched alkanes of at least 4 members (excludes halogenated alkanes) is 1. The summed E-state index contributed by atoms with van der Waals surface area (Å²) in [5, 5.41) is 4.12. The summed E-state index contributed by atoms with van der Waals surface area (Å²) in [4.78, 5) is 11.2. The number of rotatable bonds is 3. The molecule has 0 aromatic carbocycles. The van der Waals surface area contributed by atoms with Crippen LogP contribution in [0.2, 0.25) is 0 Å². The average Bonchev–Trinajstić information content (AvgIpc) is 2.56. The Morgan fingerprint density at radius 3 is 3.08 bits per heavy atom. The molecule has 0 spiro atoms. The maximum atomic E-state index is 11.2. The molecule has 12 heavy (non-hydrogen) atoms. The lowest BCUT2D eigenvalue weighted by molar-refractivity contribution is 0.197. The summed E-state index contributed by atoms with van der Waals surface area (Å²) >= 11 is 0. The van der Waals surface area contributed by atoms with Gasteiger partial charge in [0.15, 0.2) is 0 Å². The number of nitrogens with zero attached hydrogens (tertiary/aromatic N) is 1. The molecule has 2 amide bonds. The monoisotopic (exact) mass is 170 g/mol. The molecule has 0 aromatic heterocycles. The van der Waals surface area contributed by atoms with Gasteiger partial charge in [-0.25, -0.2) is 9.80 Å². The third-order valence-electron chi connectivity index (χ3n) is 1.52. The van der Waals surface area contributed by atoms with Crippen LogP contribution in [0.1, 0.15) is 19.8 Å². The predicted octanol–water partition coefficient (Wildman–Crippen LogP) is 0.292. The van der Waals surface area contributed by atoms with Crippen molar-refractivity contribution in [1.82, 2.24) is 21.3 Å². The summed E-state index contributed by atoms with van der Waals surface area (Å²) in [6.45, 7) is 2.81. The van der Waals surface area contributed by atoms with Crippen molar-refractivity contribution in [3.05, 3.63) is 12.4 Å². The van der Waals surface area contributed by atoms with Crippen molar-refractivity contribution in [2.24, 2.45) is 0 Å². The van der Waals surface area contributed by atoms with E-state index < -0.39 is 0 Å². The normalized spacial score (nSPS) is 14.6. The van der Waals surface area contributed by atoms with Crippen molar-refractivity contribution in [2.45, 2.75) is 19.8 Å². The molecule has 1 rings (SSSR count). The number of urea groups is 1. The lowest BCUT2D eigenvalue weighted by Crippen LogP contribution is -2.45. The van der Waals surface area contributed by atoms with Crippen molar-refractivity contribution in [3.8, 4) is 0 Å². The molecule has 0 fully saturated rings. The van der Waals surface area contributed by atoms with Gasteiger partial charge in [-0.15, -0.1) is 5.53 Å². The number of hydrazine groups is 2. The van der Waals surface area contributed by atoms with Gasteiger partial charge in [0.25, 0.3) is 0 Å². The molecule has 1 aliphatic heterocycles. The first-order valence-electron chi connectivity index (χ1n) is 4.09. The summed E-state index contributed by atoms with van der Waals surface area (Å²) in [5.41, 5.74) is 5.32. The molecular weight excluding hydrogens is 156 g/mol. The summed E-state index contributed by atoms with van der Waals surface area (Å²) in [7, 11) is 0. The summed E-state index contributed by atoms with van der Waals surface area (Å²) < 4.78 is 0. The SMILES string of the molecule is CCCCNC(=O)N1C=CNN1. The molecule has 0 radical (unpaired) electrons. The fraction of sp³-hybridized carbons (Fsp3) is 0.571.